The highest BCUT2D eigenvalue weighted by molar-refractivity contribution is 6.31. The summed E-state index contributed by atoms with van der Waals surface area (Å²) in [5.74, 6) is 1.37. The van der Waals surface area contributed by atoms with Crippen LogP contribution in [-0.4, -0.2) is 29.9 Å². The Morgan fingerprint density at radius 1 is 0.0878 bits per heavy atom. The maximum absolute atomic E-state index is 5.66. The van der Waals surface area contributed by atoms with E-state index in [0.29, 0.717) is 11.6 Å². The zero-order valence-electron chi connectivity index (χ0n) is 80.3. The molecule has 6 heteroatoms. The molecule has 0 unspecified atom stereocenters. The molecule has 4 heterocycles. The van der Waals surface area contributed by atoms with E-state index in [0.717, 1.165) is 139 Å². The third kappa shape index (κ3) is 14.5. The van der Waals surface area contributed by atoms with Crippen LogP contribution in [0.2, 0.25) is 0 Å². The van der Waals surface area contributed by atoms with Crippen molar-refractivity contribution >= 4 is 173 Å². The van der Waals surface area contributed by atoms with Crippen molar-refractivity contribution in [2.45, 2.75) is 0 Å². The van der Waals surface area contributed by atoms with Crippen LogP contribution in [0.1, 0.15) is 0 Å². The Balaban J connectivity index is 0.000000140. The van der Waals surface area contributed by atoms with Crippen molar-refractivity contribution in [1.29, 1.82) is 0 Å². The van der Waals surface area contributed by atoms with Gasteiger partial charge in [-0.2, -0.15) is 0 Å². The van der Waals surface area contributed by atoms with Gasteiger partial charge in [0.15, 0.2) is 11.6 Å². The fourth-order valence-electron chi connectivity index (χ4n) is 23.4. The van der Waals surface area contributed by atoms with Crippen LogP contribution in [0, 0.1) is 0 Å². The van der Waals surface area contributed by atoms with Gasteiger partial charge in [-0.05, 0) is 245 Å². The molecule has 0 saturated carbocycles. The van der Waals surface area contributed by atoms with Gasteiger partial charge in [0.1, 0.15) is 0 Å². The van der Waals surface area contributed by atoms with E-state index in [1.807, 2.05) is 36.4 Å². The molecule has 0 amide bonds. The molecule has 0 atom stereocenters. The largest absolute Gasteiger partial charge is 0.247 e. The second-order valence-corrected chi connectivity index (χ2v) is 38.8. The summed E-state index contributed by atoms with van der Waals surface area (Å²) in [6.45, 7) is 0. The number of benzene rings is 26. The number of aromatic nitrogens is 6. The summed E-state index contributed by atoms with van der Waals surface area (Å²) in [5, 5.41) is 36.9. The molecule has 6 nitrogen and oxygen atoms in total. The molecule has 26 aromatic carbocycles. The van der Waals surface area contributed by atoms with E-state index in [1.54, 1.807) is 0 Å². The van der Waals surface area contributed by atoms with E-state index in [-0.39, 0.29) is 0 Å². The summed E-state index contributed by atoms with van der Waals surface area (Å²) in [6, 6.07) is 189. The molecular formula is C142H86N6. The SMILES string of the molecule is c1ccc(-c2cc(-c3ccc(-c4cc(-c5ccc6c7ccccc7c7ccccc7c6c5)c5cc(-c6ccc7c8ccccc8c8ccccc8c7c6)c6ccccc6c5n4)cc3)nc(-c3ccccc3)n2)cc1.c1ccc(-c2cc(-c3ccccc3)nc(-c3ccc(-c4cc(-c5ccc6c7ccccc7c7ccccc7c6c5)c5cc(-c6ccc7c8ccccc8c8ccccc8c7c6)c6ccccc6c5n4)cc3)n2)cc1. The molecule has 30 aromatic rings. The fourth-order valence-corrected chi connectivity index (χ4v) is 23.4. The zero-order chi connectivity index (χ0) is 97.4. The molecule has 0 aliphatic heterocycles. The molecule has 0 spiro atoms. The lowest BCUT2D eigenvalue weighted by Gasteiger charge is -2.18. The Hall–Kier alpha value is -19.7. The molecule has 148 heavy (non-hydrogen) atoms. The standard InChI is InChI=1S/2C71H43N3/c1-3-17-44(18-4-1)68-43-69(74-71(73-68)47-19-5-2-6-20-47)46-33-31-45(32-34-46)67-42-63(49-36-38-60-55-26-10-8-22-51(55)53-24-12-14-28-57(53)65(60)40-49)66-41-62(58-29-15-16-30-61(58)70(66)72-67)48-35-37-59-54-25-9-7-21-50(54)52-23-11-13-27-56(52)64(59)39-48;1-3-17-44(18-4-1)68-43-69(45-19-5-2-6-20-45)74-71(73-68)47-33-31-46(32-34-47)67-42-63(49-36-38-60-55-26-10-8-22-51(55)53-24-12-14-28-57(53)65(60)40-49)66-41-62(58-29-15-16-30-61(58)70(66)72-67)48-35-37-59-54-25-9-7-21-50(54)52-23-11-13-27-56(52)64(59)39-48/h2*1-43H. The van der Waals surface area contributed by atoms with Crippen LogP contribution in [0.4, 0.5) is 0 Å². The van der Waals surface area contributed by atoms with E-state index in [2.05, 4.69) is 485 Å². The van der Waals surface area contributed by atoms with Crippen LogP contribution in [0.3, 0.4) is 0 Å². The smallest absolute Gasteiger partial charge is 0.160 e. The highest BCUT2D eigenvalue weighted by Gasteiger charge is 2.25. The van der Waals surface area contributed by atoms with E-state index < -0.39 is 0 Å². The molecule has 0 fully saturated rings. The maximum Gasteiger partial charge on any atom is 0.160 e. The summed E-state index contributed by atoms with van der Waals surface area (Å²) >= 11 is 0. The minimum Gasteiger partial charge on any atom is -0.247 e. The maximum atomic E-state index is 5.66. The van der Waals surface area contributed by atoms with E-state index in [4.69, 9.17) is 29.9 Å². The monoisotopic (exact) mass is 1870 g/mol. The number of rotatable bonds is 12. The number of pyridine rings is 2. The van der Waals surface area contributed by atoms with Crippen molar-refractivity contribution in [3.05, 3.63) is 522 Å². The zero-order valence-corrected chi connectivity index (χ0v) is 80.3. The molecular weight excluding hydrogens is 1790 g/mol. The molecule has 0 radical (unpaired) electrons. The van der Waals surface area contributed by atoms with Gasteiger partial charge >= 0.3 is 0 Å². The third-order valence-corrected chi connectivity index (χ3v) is 30.5. The van der Waals surface area contributed by atoms with Gasteiger partial charge in [-0.25, -0.2) is 29.9 Å². The van der Waals surface area contributed by atoms with Crippen LogP contribution in [0.5, 0.6) is 0 Å². The Morgan fingerprint density at radius 3 is 0.493 bits per heavy atom. The van der Waals surface area contributed by atoms with E-state index in [9.17, 15) is 0 Å². The Labute approximate surface area is 852 Å². The first-order valence-electron chi connectivity index (χ1n) is 50.7. The van der Waals surface area contributed by atoms with Gasteiger partial charge in [-0.15, -0.1) is 0 Å². The highest BCUT2D eigenvalue weighted by atomic mass is 14.9. The van der Waals surface area contributed by atoms with Crippen LogP contribution in [0.15, 0.2) is 522 Å². The van der Waals surface area contributed by atoms with Gasteiger partial charge in [0.05, 0.1) is 45.2 Å². The molecule has 0 aliphatic carbocycles. The fraction of sp³-hybridized carbons (Fsp3) is 0. The summed E-state index contributed by atoms with van der Waals surface area (Å²) < 4.78 is 0. The van der Waals surface area contributed by atoms with Crippen molar-refractivity contribution in [3.8, 4) is 135 Å². The predicted molar refractivity (Wildman–Crippen MR) is 625 cm³/mol. The van der Waals surface area contributed by atoms with Gasteiger partial charge in [0.2, 0.25) is 0 Å². The number of fused-ring (bicyclic) bond motifs is 30. The lowest BCUT2D eigenvalue weighted by Crippen LogP contribution is -1.96. The highest BCUT2D eigenvalue weighted by Crippen LogP contribution is 2.50. The second kappa shape index (κ2) is 35.2. The molecule has 0 N–H and O–H groups in total. The lowest BCUT2D eigenvalue weighted by atomic mass is 9.88. The average molecular weight is 1880 g/mol. The van der Waals surface area contributed by atoms with E-state index in [1.165, 1.54) is 157 Å². The number of hydrogen-bond donors (Lipinski definition) is 0. The first-order valence-corrected chi connectivity index (χ1v) is 50.7. The summed E-state index contributed by atoms with van der Waals surface area (Å²) in [4.78, 5) is 31.8. The summed E-state index contributed by atoms with van der Waals surface area (Å²) in [5.41, 5.74) is 24.6. The van der Waals surface area contributed by atoms with Crippen molar-refractivity contribution < 1.29 is 0 Å². The topological polar surface area (TPSA) is 77.3 Å². The molecule has 0 bridgehead atoms. The van der Waals surface area contributed by atoms with Crippen LogP contribution in [0.25, 0.3) is 307 Å². The molecule has 30 rings (SSSR count). The first-order chi connectivity index (χ1) is 73.4. The van der Waals surface area contributed by atoms with E-state index >= 15 is 0 Å². The van der Waals surface area contributed by atoms with Gasteiger partial charge in [0, 0.05) is 66.1 Å². The average Bonchev–Trinajstić information content (AvgIpc) is 0.728. The van der Waals surface area contributed by atoms with Crippen molar-refractivity contribution in [2.75, 3.05) is 0 Å². The Bertz CT molecular complexity index is 9860. The van der Waals surface area contributed by atoms with Crippen LogP contribution >= 0.6 is 0 Å². The normalized spacial score (nSPS) is 11.8. The molecule has 684 valence electrons. The predicted octanol–water partition coefficient (Wildman–Crippen LogP) is 38.2. The van der Waals surface area contributed by atoms with Crippen molar-refractivity contribution in [2.24, 2.45) is 0 Å². The molecule has 0 saturated heterocycles. The third-order valence-electron chi connectivity index (χ3n) is 30.5. The quantitative estimate of drug-likeness (QED) is 0.113. The van der Waals surface area contributed by atoms with Crippen molar-refractivity contribution in [3.63, 3.8) is 0 Å². The Morgan fingerprint density at radius 2 is 0.250 bits per heavy atom. The molecule has 4 aromatic heterocycles. The van der Waals surface area contributed by atoms with Crippen LogP contribution < -0.4 is 0 Å². The van der Waals surface area contributed by atoms with Gasteiger partial charge in [-0.1, -0.05) is 461 Å². The minimum atomic E-state index is 0.674. The van der Waals surface area contributed by atoms with Crippen LogP contribution in [-0.2, 0) is 0 Å². The number of hydrogen-bond acceptors (Lipinski definition) is 6. The second-order valence-electron chi connectivity index (χ2n) is 38.8. The first kappa shape index (κ1) is 85.1. The number of nitrogens with zero attached hydrogens (tertiary/aromatic N) is 6. The van der Waals surface area contributed by atoms with Crippen molar-refractivity contribution in [1.82, 2.24) is 29.9 Å². The Kier molecular flexibility index (Phi) is 20.2. The lowest BCUT2D eigenvalue weighted by molar-refractivity contribution is 1.18. The molecule has 0 aliphatic rings. The minimum absolute atomic E-state index is 0.674. The summed E-state index contributed by atoms with van der Waals surface area (Å²) in [7, 11) is 0. The van der Waals surface area contributed by atoms with Gasteiger partial charge in [-0.3, -0.25) is 0 Å². The van der Waals surface area contributed by atoms with Gasteiger partial charge < -0.3 is 0 Å². The summed E-state index contributed by atoms with van der Waals surface area (Å²) in [6.07, 6.45) is 0. The van der Waals surface area contributed by atoms with Gasteiger partial charge in [0.25, 0.3) is 0 Å².